The third-order valence-electron chi connectivity index (χ3n) is 9.30. The Morgan fingerprint density at radius 2 is 1.59 bits per heavy atom. The molecule has 44 heavy (non-hydrogen) atoms. The smallest absolute Gasteiger partial charge is 0.238 e. The zero-order chi connectivity index (χ0) is 30.7. The molecule has 1 heterocycles. The predicted octanol–water partition coefficient (Wildman–Crippen LogP) is 5.78. The summed E-state index contributed by atoms with van der Waals surface area (Å²) in [6.45, 7) is 1.61. The second-order valence-corrected chi connectivity index (χ2v) is 11.7. The van der Waals surface area contributed by atoms with Crippen molar-refractivity contribution in [3.05, 3.63) is 113 Å². The number of carbonyl (C=O) groups excluding carboxylic acids is 4. The first kappa shape index (κ1) is 27.6. The number of carbonyl (C=O) groups is 4. The van der Waals surface area contributed by atoms with Crippen LogP contribution >= 0.6 is 0 Å². The monoisotopic (exact) mass is 586 g/mol. The van der Waals surface area contributed by atoms with Crippen molar-refractivity contribution < 1.29 is 29.0 Å². The van der Waals surface area contributed by atoms with E-state index in [9.17, 15) is 24.3 Å². The minimum atomic E-state index is -0.791. The van der Waals surface area contributed by atoms with Crippen LogP contribution in [0.4, 0.5) is 17.1 Å². The van der Waals surface area contributed by atoms with Crippen LogP contribution in [0.25, 0.3) is 0 Å². The number of ketones is 2. The summed E-state index contributed by atoms with van der Waals surface area (Å²) in [7, 11) is 1.48. The van der Waals surface area contributed by atoms with Gasteiger partial charge in [0.25, 0.3) is 0 Å². The van der Waals surface area contributed by atoms with Crippen LogP contribution in [0.3, 0.4) is 0 Å². The van der Waals surface area contributed by atoms with Gasteiger partial charge >= 0.3 is 0 Å². The Balaban J connectivity index is 1.27. The third kappa shape index (κ3) is 4.20. The molecule has 8 heteroatoms. The number of ether oxygens (including phenoxy) is 1. The van der Waals surface area contributed by atoms with Gasteiger partial charge in [0.05, 0.1) is 24.6 Å². The van der Waals surface area contributed by atoms with Crippen molar-refractivity contribution in [2.24, 2.45) is 17.8 Å². The molecule has 2 amide bonds. The Kier molecular flexibility index (Phi) is 6.57. The van der Waals surface area contributed by atoms with Gasteiger partial charge < -0.3 is 15.2 Å². The van der Waals surface area contributed by atoms with Crippen LogP contribution in [0.5, 0.6) is 11.5 Å². The quantitative estimate of drug-likeness (QED) is 0.221. The van der Waals surface area contributed by atoms with E-state index in [2.05, 4.69) is 5.32 Å². The highest BCUT2D eigenvalue weighted by Gasteiger charge is 2.57. The van der Waals surface area contributed by atoms with E-state index in [0.717, 1.165) is 16.9 Å². The van der Waals surface area contributed by atoms with E-state index in [1.165, 1.54) is 24.2 Å². The van der Waals surface area contributed by atoms with E-state index in [4.69, 9.17) is 4.74 Å². The highest BCUT2D eigenvalue weighted by Crippen LogP contribution is 2.57. The third-order valence-corrected chi connectivity index (χ3v) is 9.30. The number of allylic oxidation sites excluding steroid dienone is 6. The summed E-state index contributed by atoms with van der Waals surface area (Å²) in [5, 5.41) is 14.4. The fraction of sp³-hybridized carbons (Fsp3) is 0.222. The first-order chi connectivity index (χ1) is 21.3. The zero-order valence-corrected chi connectivity index (χ0v) is 24.2. The normalized spacial score (nSPS) is 24.4. The van der Waals surface area contributed by atoms with Gasteiger partial charge in [-0.1, -0.05) is 35.9 Å². The molecule has 0 radical (unpaired) electrons. The van der Waals surface area contributed by atoms with Gasteiger partial charge in [0.2, 0.25) is 11.8 Å². The number of aromatic hydroxyl groups is 1. The fourth-order valence-corrected chi connectivity index (χ4v) is 7.33. The van der Waals surface area contributed by atoms with Crippen molar-refractivity contribution in [2.75, 3.05) is 17.3 Å². The lowest BCUT2D eigenvalue weighted by atomic mass is 9.59. The predicted molar refractivity (Wildman–Crippen MR) is 165 cm³/mol. The topological polar surface area (TPSA) is 113 Å². The lowest BCUT2D eigenvalue weighted by molar-refractivity contribution is -0.123. The van der Waals surface area contributed by atoms with Gasteiger partial charge in [-0.15, -0.1) is 0 Å². The molecular formula is C36H30N2O6. The number of imide groups is 1. The van der Waals surface area contributed by atoms with Crippen molar-refractivity contribution in [2.45, 2.75) is 25.7 Å². The number of amides is 2. The van der Waals surface area contributed by atoms with Gasteiger partial charge in [0.15, 0.2) is 11.6 Å². The number of fused-ring (bicyclic) bond motifs is 3. The molecule has 3 aromatic rings. The number of nitrogens with zero attached hydrogens (tertiary/aromatic N) is 1. The maximum Gasteiger partial charge on any atom is 0.238 e. The molecule has 0 saturated carbocycles. The Labute approximate surface area is 254 Å². The van der Waals surface area contributed by atoms with E-state index in [1.54, 1.807) is 31.2 Å². The van der Waals surface area contributed by atoms with Gasteiger partial charge in [-0.05, 0) is 80.3 Å². The molecule has 1 saturated heterocycles. The molecule has 8 nitrogen and oxygen atoms in total. The van der Waals surface area contributed by atoms with Crippen LogP contribution in [0.2, 0.25) is 0 Å². The number of rotatable bonds is 5. The summed E-state index contributed by atoms with van der Waals surface area (Å²) in [6.07, 6.45) is 3.74. The van der Waals surface area contributed by atoms with Crippen molar-refractivity contribution in [3.8, 4) is 11.5 Å². The van der Waals surface area contributed by atoms with Gasteiger partial charge in [-0.2, -0.15) is 0 Å². The summed E-state index contributed by atoms with van der Waals surface area (Å²) in [5.41, 5.74) is 4.31. The summed E-state index contributed by atoms with van der Waals surface area (Å²) < 4.78 is 5.62. The van der Waals surface area contributed by atoms with Gasteiger partial charge in [0, 0.05) is 39.6 Å². The molecule has 4 atom stereocenters. The standard InChI is InChI=1S/C36H30N2O6/c1-19-17-28(40)26-18-25-23(31(32(26)34(19)41)33-27(39)9-6-10-29(33)44-2)15-16-24-30(25)36(43)38(35(24)42)22-13-11-21(12-14-22)37-20-7-4-3-5-8-20/h3-15,17,24-25,30-31,37,39H,16,18H2,1-2H3. The molecule has 220 valence electrons. The molecule has 3 aliphatic carbocycles. The van der Waals surface area contributed by atoms with Gasteiger partial charge in [0.1, 0.15) is 11.5 Å². The largest absolute Gasteiger partial charge is 0.507 e. The van der Waals surface area contributed by atoms with E-state index in [-0.39, 0.29) is 35.6 Å². The molecule has 4 aliphatic rings. The SMILES string of the molecule is COc1cccc(O)c1C1C2=CCC3C(=O)N(c4ccc(Nc5ccccc5)cc4)C(=O)C3C2CC2=C1C(=O)C(C)=CC2=O. The van der Waals surface area contributed by atoms with Crippen LogP contribution in [0, 0.1) is 17.8 Å². The number of nitrogens with one attached hydrogen (secondary N) is 1. The summed E-state index contributed by atoms with van der Waals surface area (Å²) in [5.74, 6) is -3.47. The highest BCUT2D eigenvalue weighted by atomic mass is 16.5. The van der Waals surface area contributed by atoms with E-state index in [0.29, 0.717) is 40.1 Å². The Bertz CT molecular complexity index is 1840. The second kappa shape index (κ2) is 10.5. The van der Waals surface area contributed by atoms with E-state index in [1.807, 2.05) is 48.5 Å². The maximum atomic E-state index is 14.2. The lowest BCUT2D eigenvalue weighted by Crippen LogP contribution is -2.40. The number of anilines is 3. The Morgan fingerprint density at radius 1 is 0.864 bits per heavy atom. The minimum Gasteiger partial charge on any atom is -0.507 e. The molecule has 0 aromatic heterocycles. The minimum absolute atomic E-state index is 0.0722. The molecular weight excluding hydrogens is 556 g/mol. The molecule has 1 fully saturated rings. The summed E-state index contributed by atoms with van der Waals surface area (Å²) in [4.78, 5) is 56.3. The van der Waals surface area contributed by atoms with Gasteiger partial charge in [-0.3, -0.25) is 24.1 Å². The Morgan fingerprint density at radius 3 is 2.32 bits per heavy atom. The summed E-state index contributed by atoms with van der Waals surface area (Å²) in [6, 6.07) is 21.7. The number of methoxy groups -OCH3 is 1. The number of hydrogen-bond donors (Lipinski definition) is 2. The Hall–Kier alpha value is -5.24. The van der Waals surface area contributed by atoms with Crippen LogP contribution in [0.1, 0.15) is 31.2 Å². The van der Waals surface area contributed by atoms with Crippen LogP contribution in [-0.2, 0) is 19.2 Å². The molecule has 4 unspecified atom stereocenters. The molecule has 0 bridgehead atoms. The number of hydrogen-bond acceptors (Lipinski definition) is 7. The average Bonchev–Trinajstić information content (AvgIpc) is 3.29. The number of phenols is 1. The molecule has 1 aliphatic heterocycles. The van der Waals surface area contributed by atoms with Crippen molar-refractivity contribution in [3.63, 3.8) is 0 Å². The molecule has 3 aromatic carbocycles. The number of phenolic OH excluding ortho intramolecular Hbond substituents is 1. The highest BCUT2D eigenvalue weighted by molar-refractivity contribution is 6.25. The number of para-hydroxylation sites is 1. The first-order valence-corrected chi connectivity index (χ1v) is 14.6. The van der Waals surface area contributed by atoms with Crippen LogP contribution in [-0.4, -0.2) is 35.6 Å². The van der Waals surface area contributed by atoms with Crippen molar-refractivity contribution >= 4 is 40.4 Å². The number of Topliss-reactive ketones (excluding diaryl/α,β-unsaturated/α-hetero) is 1. The lowest BCUT2D eigenvalue weighted by Gasteiger charge is -2.42. The second-order valence-electron chi connectivity index (χ2n) is 11.7. The van der Waals surface area contributed by atoms with Crippen LogP contribution in [0.15, 0.2) is 107 Å². The van der Waals surface area contributed by atoms with Crippen molar-refractivity contribution in [1.82, 2.24) is 0 Å². The first-order valence-electron chi connectivity index (χ1n) is 14.6. The van der Waals surface area contributed by atoms with E-state index >= 15 is 0 Å². The molecule has 2 N–H and O–H groups in total. The zero-order valence-electron chi connectivity index (χ0n) is 24.2. The van der Waals surface area contributed by atoms with Crippen LogP contribution < -0.4 is 15.0 Å². The average molecular weight is 587 g/mol. The summed E-state index contributed by atoms with van der Waals surface area (Å²) >= 11 is 0. The maximum absolute atomic E-state index is 14.2. The molecule has 7 rings (SSSR count). The number of benzene rings is 3. The molecule has 0 spiro atoms. The van der Waals surface area contributed by atoms with Crippen molar-refractivity contribution in [1.29, 1.82) is 0 Å². The van der Waals surface area contributed by atoms with Gasteiger partial charge in [-0.25, -0.2) is 0 Å². The van der Waals surface area contributed by atoms with E-state index < -0.39 is 23.7 Å². The fourth-order valence-electron chi connectivity index (χ4n) is 7.33.